The Bertz CT molecular complexity index is 314. The van der Waals surface area contributed by atoms with Gasteiger partial charge in [-0.05, 0) is 37.5 Å². The molecule has 0 bridgehead atoms. The lowest BCUT2D eigenvalue weighted by Crippen LogP contribution is -2.45. The van der Waals surface area contributed by atoms with E-state index in [1.165, 1.54) is 25.7 Å². The molecule has 2 saturated carbocycles. The zero-order chi connectivity index (χ0) is 12.5. The molecule has 3 unspecified atom stereocenters. The number of hydrogen-bond acceptors (Lipinski definition) is 2. The van der Waals surface area contributed by atoms with Crippen molar-refractivity contribution in [2.45, 2.75) is 57.0 Å². The molecule has 1 heterocycles. The minimum absolute atomic E-state index is 0.156. The fourth-order valence-corrected chi connectivity index (χ4v) is 3.99. The zero-order valence-electron chi connectivity index (χ0n) is 11.1. The third-order valence-electron chi connectivity index (χ3n) is 5.13. The molecule has 3 N–H and O–H groups in total. The van der Waals surface area contributed by atoms with Crippen molar-refractivity contribution in [1.29, 1.82) is 0 Å². The summed E-state index contributed by atoms with van der Waals surface area (Å²) in [6, 6.07) is 0.895. The molecule has 2 aliphatic carbocycles. The van der Waals surface area contributed by atoms with E-state index in [1.807, 2.05) is 4.90 Å². The minimum atomic E-state index is 0.156. The molecule has 0 spiro atoms. The zero-order valence-corrected chi connectivity index (χ0v) is 11.1. The molecule has 18 heavy (non-hydrogen) atoms. The summed E-state index contributed by atoms with van der Waals surface area (Å²) in [5.41, 5.74) is 6.11. The number of nitrogens with two attached hydrogens (primary N) is 1. The highest BCUT2D eigenvalue weighted by Crippen LogP contribution is 2.37. The van der Waals surface area contributed by atoms with Crippen LogP contribution >= 0.6 is 0 Å². The number of hydrogen-bond donors (Lipinski definition) is 2. The molecule has 0 aromatic carbocycles. The maximum atomic E-state index is 12.2. The van der Waals surface area contributed by atoms with Gasteiger partial charge in [0.15, 0.2) is 0 Å². The van der Waals surface area contributed by atoms with Crippen LogP contribution in [0.15, 0.2) is 0 Å². The second-order valence-corrected chi connectivity index (χ2v) is 6.35. The molecule has 1 saturated heterocycles. The van der Waals surface area contributed by atoms with Crippen molar-refractivity contribution in [2.24, 2.45) is 17.6 Å². The third kappa shape index (κ3) is 2.35. The fourth-order valence-electron chi connectivity index (χ4n) is 3.99. The Morgan fingerprint density at radius 2 is 1.83 bits per heavy atom. The van der Waals surface area contributed by atoms with E-state index in [0.717, 1.165) is 32.4 Å². The quantitative estimate of drug-likeness (QED) is 0.745. The van der Waals surface area contributed by atoms with Crippen molar-refractivity contribution in [1.82, 2.24) is 10.2 Å². The highest BCUT2D eigenvalue weighted by molar-refractivity contribution is 5.75. The maximum absolute atomic E-state index is 12.2. The average molecular weight is 251 g/mol. The van der Waals surface area contributed by atoms with Crippen molar-refractivity contribution in [3.05, 3.63) is 0 Å². The summed E-state index contributed by atoms with van der Waals surface area (Å²) in [6.45, 7) is 1.81. The molecule has 4 heteroatoms. The van der Waals surface area contributed by atoms with Gasteiger partial charge in [-0.1, -0.05) is 19.3 Å². The highest BCUT2D eigenvalue weighted by atomic mass is 16.2. The first kappa shape index (κ1) is 12.3. The van der Waals surface area contributed by atoms with E-state index in [9.17, 15) is 4.79 Å². The van der Waals surface area contributed by atoms with E-state index in [-0.39, 0.29) is 6.03 Å². The topological polar surface area (TPSA) is 58.4 Å². The Balaban J connectivity index is 1.51. The first-order chi connectivity index (χ1) is 8.74. The van der Waals surface area contributed by atoms with Crippen LogP contribution in [0.25, 0.3) is 0 Å². The van der Waals surface area contributed by atoms with Crippen molar-refractivity contribution < 1.29 is 4.79 Å². The predicted molar refractivity (Wildman–Crippen MR) is 71.2 cm³/mol. The first-order valence-electron chi connectivity index (χ1n) is 7.55. The second-order valence-electron chi connectivity index (χ2n) is 6.35. The molecule has 3 aliphatic rings. The molecule has 0 aromatic heterocycles. The third-order valence-corrected chi connectivity index (χ3v) is 5.13. The average Bonchev–Trinajstić information content (AvgIpc) is 2.93. The summed E-state index contributed by atoms with van der Waals surface area (Å²) in [4.78, 5) is 14.2. The molecule has 2 amide bonds. The second kappa shape index (κ2) is 5.08. The number of amides is 2. The Hall–Kier alpha value is -0.770. The Morgan fingerprint density at radius 3 is 2.56 bits per heavy atom. The standard InChI is InChI=1S/C14H25N3O/c15-13-7-6-10-8-17(9-12(10)13)14(18)16-11-4-2-1-3-5-11/h10-13H,1-9,15H2,(H,16,18). The molecule has 0 radical (unpaired) electrons. The number of likely N-dealkylation sites (tertiary alicyclic amines) is 1. The molecule has 4 nitrogen and oxygen atoms in total. The number of carbonyl (C=O) groups excluding carboxylic acids is 1. The first-order valence-corrected chi connectivity index (χ1v) is 7.55. The van der Waals surface area contributed by atoms with Crippen LogP contribution in [0.1, 0.15) is 44.9 Å². The van der Waals surface area contributed by atoms with Gasteiger partial charge in [-0.2, -0.15) is 0 Å². The number of carbonyl (C=O) groups is 1. The monoisotopic (exact) mass is 251 g/mol. The van der Waals surface area contributed by atoms with Crippen molar-refractivity contribution in [2.75, 3.05) is 13.1 Å². The van der Waals surface area contributed by atoms with Crippen molar-refractivity contribution in [3.63, 3.8) is 0 Å². The predicted octanol–water partition coefficient (Wildman–Crippen LogP) is 1.70. The lowest BCUT2D eigenvalue weighted by Gasteiger charge is -2.26. The van der Waals surface area contributed by atoms with Crippen LogP contribution in [0.5, 0.6) is 0 Å². The van der Waals surface area contributed by atoms with E-state index in [1.54, 1.807) is 0 Å². The lowest BCUT2D eigenvalue weighted by atomic mass is 9.96. The summed E-state index contributed by atoms with van der Waals surface area (Å²) in [5.74, 6) is 1.22. The minimum Gasteiger partial charge on any atom is -0.335 e. The van der Waals surface area contributed by atoms with Crippen LogP contribution in [-0.2, 0) is 0 Å². The van der Waals surface area contributed by atoms with E-state index in [0.29, 0.717) is 23.9 Å². The van der Waals surface area contributed by atoms with Gasteiger partial charge in [0.25, 0.3) is 0 Å². The number of urea groups is 1. The number of nitrogens with zero attached hydrogens (tertiary/aromatic N) is 1. The van der Waals surface area contributed by atoms with E-state index >= 15 is 0 Å². The molecule has 3 fully saturated rings. The van der Waals surface area contributed by atoms with Gasteiger partial charge in [-0.3, -0.25) is 0 Å². The fraction of sp³-hybridized carbons (Fsp3) is 0.929. The van der Waals surface area contributed by atoms with Gasteiger partial charge >= 0.3 is 6.03 Å². The number of rotatable bonds is 1. The van der Waals surface area contributed by atoms with Gasteiger partial charge in [-0.25, -0.2) is 4.79 Å². The lowest BCUT2D eigenvalue weighted by molar-refractivity contribution is 0.196. The number of nitrogens with one attached hydrogen (secondary N) is 1. The number of fused-ring (bicyclic) bond motifs is 1. The van der Waals surface area contributed by atoms with Crippen LogP contribution in [-0.4, -0.2) is 36.1 Å². The van der Waals surface area contributed by atoms with Crippen LogP contribution in [0.4, 0.5) is 4.79 Å². The van der Waals surface area contributed by atoms with Gasteiger partial charge in [0, 0.05) is 25.2 Å². The van der Waals surface area contributed by atoms with E-state index in [2.05, 4.69) is 5.32 Å². The largest absolute Gasteiger partial charge is 0.335 e. The molecular weight excluding hydrogens is 226 g/mol. The molecule has 3 atom stereocenters. The molecular formula is C14H25N3O. The molecule has 3 rings (SSSR count). The highest BCUT2D eigenvalue weighted by Gasteiger charge is 2.42. The Labute approximate surface area is 109 Å². The summed E-state index contributed by atoms with van der Waals surface area (Å²) in [5, 5.41) is 3.21. The van der Waals surface area contributed by atoms with E-state index in [4.69, 9.17) is 5.73 Å². The normalized spacial score (nSPS) is 36.7. The van der Waals surface area contributed by atoms with Crippen molar-refractivity contribution >= 4 is 6.03 Å². The van der Waals surface area contributed by atoms with Crippen LogP contribution in [0.2, 0.25) is 0 Å². The summed E-state index contributed by atoms with van der Waals surface area (Å²) < 4.78 is 0. The van der Waals surface area contributed by atoms with Crippen LogP contribution in [0.3, 0.4) is 0 Å². The van der Waals surface area contributed by atoms with Crippen LogP contribution < -0.4 is 11.1 Å². The summed E-state index contributed by atoms with van der Waals surface area (Å²) >= 11 is 0. The smallest absolute Gasteiger partial charge is 0.317 e. The van der Waals surface area contributed by atoms with Gasteiger partial charge in [0.05, 0.1) is 0 Å². The van der Waals surface area contributed by atoms with Crippen LogP contribution in [0, 0.1) is 11.8 Å². The summed E-state index contributed by atoms with van der Waals surface area (Å²) in [7, 11) is 0. The van der Waals surface area contributed by atoms with Gasteiger partial charge in [-0.15, -0.1) is 0 Å². The molecule has 1 aliphatic heterocycles. The van der Waals surface area contributed by atoms with Gasteiger partial charge in [0.2, 0.25) is 0 Å². The van der Waals surface area contributed by atoms with Gasteiger partial charge < -0.3 is 16.0 Å². The summed E-state index contributed by atoms with van der Waals surface area (Å²) in [6.07, 6.45) is 8.53. The maximum Gasteiger partial charge on any atom is 0.317 e. The van der Waals surface area contributed by atoms with Gasteiger partial charge in [0.1, 0.15) is 0 Å². The van der Waals surface area contributed by atoms with Crippen molar-refractivity contribution in [3.8, 4) is 0 Å². The SMILES string of the molecule is NC1CCC2CN(C(=O)NC3CCCCC3)CC12. The van der Waals surface area contributed by atoms with E-state index < -0.39 is 0 Å². The Kier molecular flexibility index (Phi) is 3.46. The molecule has 102 valence electrons. The molecule has 0 aromatic rings. The Morgan fingerprint density at radius 1 is 1.06 bits per heavy atom.